The molecule has 0 saturated carbocycles. The Bertz CT molecular complexity index is 1010. The number of amides is 1. The number of nitrogens with one attached hydrogen (secondary N) is 2. The molecule has 0 aliphatic carbocycles. The van der Waals surface area contributed by atoms with Gasteiger partial charge in [0.1, 0.15) is 5.69 Å². The summed E-state index contributed by atoms with van der Waals surface area (Å²) < 4.78 is 5.18. The van der Waals surface area contributed by atoms with Gasteiger partial charge < -0.3 is 15.0 Å². The Morgan fingerprint density at radius 2 is 1.78 bits per heavy atom. The first-order chi connectivity index (χ1) is 13.0. The second kappa shape index (κ2) is 8.31. The Morgan fingerprint density at radius 1 is 1.07 bits per heavy atom. The fourth-order valence-corrected chi connectivity index (χ4v) is 2.72. The molecule has 3 aromatic rings. The molecule has 2 aromatic carbocycles. The third-order valence-corrected chi connectivity index (χ3v) is 4.18. The molecular weight excluding hydrogens is 344 g/mol. The molecule has 138 valence electrons. The summed E-state index contributed by atoms with van der Waals surface area (Å²) in [5, 5.41) is 3.86. The van der Waals surface area contributed by atoms with E-state index in [9.17, 15) is 14.4 Å². The lowest BCUT2D eigenvalue weighted by molar-refractivity contribution is -0.129. The first kappa shape index (κ1) is 18.4. The summed E-state index contributed by atoms with van der Waals surface area (Å²) >= 11 is 0. The zero-order chi connectivity index (χ0) is 19.2. The van der Waals surface area contributed by atoms with Gasteiger partial charge in [-0.25, -0.2) is 4.79 Å². The highest BCUT2D eigenvalue weighted by atomic mass is 16.5. The molecular formula is C21H20N2O4. The molecule has 1 atom stereocenters. The maximum atomic E-state index is 12.3. The van der Waals surface area contributed by atoms with E-state index in [4.69, 9.17) is 4.74 Å². The molecule has 1 aromatic heterocycles. The fraction of sp³-hybridized carbons (Fsp3) is 0.190. The molecule has 1 amide bonds. The van der Waals surface area contributed by atoms with Crippen molar-refractivity contribution in [3.63, 3.8) is 0 Å². The van der Waals surface area contributed by atoms with Gasteiger partial charge in [0.05, 0.1) is 0 Å². The highest BCUT2D eigenvalue weighted by Crippen LogP contribution is 2.11. The van der Waals surface area contributed by atoms with E-state index < -0.39 is 12.1 Å². The number of pyridine rings is 1. The highest BCUT2D eigenvalue weighted by molar-refractivity contribution is 5.94. The van der Waals surface area contributed by atoms with Gasteiger partial charge in [0, 0.05) is 11.9 Å². The van der Waals surface area contributed by atoms with Crippen molar-refractivity contribution in [2.75, 3.05) is 6.54 Å². The van der Waals surface area contributed by atoms with E-state index >= 15 is 0 Å². The van der Waals surface area contributed by atoms with E-state index in [0.717, 1.165) is 5.56 Å². The van der Waals surface area contributed by atoms with Crippen molar-refractivity contribution in [1.29, 1.82) is 0 Å². The van der Waals surface area contributed by atoms with Crippen LogP contribution in [0, 0.1) is 0 Å². The summed E-state index contributed by atoms with van der Waals surface area (Å²) in [5.74, 6) is -1.13. The summed E-state index contributed by atoms with van der Waals surface area (Å²) in [4.78, 5) is 39.0. The number of hydrogen-bond acceptors (Lipinski definition) is 4. The van der Waals surface area contributed by atoms with Crippen molar-refractivity contribution in [3.05, 3.63) is 82.3 Å². The van der Waals surface area contributed by atoms with Crippen LogP contribution >= 0.6 is 0 Å². The molecule has 0 fully saturated rings. The number of hydrogen-bond donors (Lipinski definition) is 2. The van der Waals surface area contributed by atoms with Gasteiger partial charge in [-0.15, -0.1) is 0 Å². The van der Waals surface area contributed by atoms with Crippen molar-refractivity contribution < 1.29 is 14.3 Å². The van der Waals surface area contributed by atoms with Gasteiger partial charge in [0.2, 0.25) is 0 Å². The molecule has 0 aliphatic rings. The average molecular weight is 364 g/mol. The zero-order valence-electron chi connectivity index (χ0n) is 14.9. The van der Waals surface area contributed by atoms with Crippen molar-refractivity contribution in [3.8, 4) is 0 Å². The Labute approximate surface area is 156 Å². The number of rotatable bonds is 6. The van der Waals surface area contributed by atoms with Gasteiger partial charge in [-0.05, 0) is 36.4 Å². The fourth-order valence-electron chi connectivity index (χ4n) is 2.72. The molecule has 27 heavy (non-hydrogen) atoms. The van der Waals surface area contributed by atoms with Crippen molar-refractivity contribution in [2.45, 2.75) is 19.4 Å². The van der Waals surface area contributed by atoms with Gasteiger partial charge in [0.15, 0.2) is 6.10 Å². The SMILES string of the molecule is C[C@H](OC(=O)c1cc2ccccc2c(=O)[nH]1)C(=O)NCCc1ccccc1. The van der Waals surface area contributed by atoms with Crippen LogP contribution in [0.2, 0.25) is 0 Å². The normalized spacial score (nSPS) is 11.7. The number of aromatic amines is 1. The molecule has 0 unspecified atom stereocenters. The van der Waals surface area contributed by atoms with E-state index in [1.54, 1.807) is 30.3 Å². The summed E-state index contributed by atoms with van der Waals surface area (Å²) in [6, 6.07) is 18.2. The minimum Gasteiger partial charge on any atom is -0.448 e. The van der Waals surface area contributed by atoms with E-state index in [1.807, 2.05) is 30.3 Å². The lowest BCUT2D eigenvalue weighted by Gasteiger charge is -2.13. The Morgan fingerprint density at radius 3 is 2.56 bits per heavy atom. The third-order valence-electron chi connectivity index (χ3n) is 4.18. The summed E-state index contributed by atoms with van der Waals surface area (Å²) in [7, 11) is 0. The molecule has 1 heterocycles. The average Bonchev–Trinajstić information content (AvgIpc) is 2.68. The molecule has 0 aliphatic heterocycles. The first-order valence-corrected chi connectivity index (χ1v) is 8.69. The Balaban J connectivity index is 1.58. The number of fused-ring (bicyclic) bond motifs is 1. The van der Waals surface area contributed by atoms with E-state index in [1.165, 1.54) is 6.92 Å². The minimum absolute atomic E-state index is 0.0163. The second-order valence-corrected chi connectivity index (χ2v) is 6.17. The van der Waals surface area contributed by atoms with Crippen molar-refractivity contribution in [2.24, 2.45) is 0 Å². The molecule has 3 rings (SSSR count). The highest BCUT2D eigenvalue weighted by Gasteiger charge is 2.19. The number of aromatic nitrogens is 1. The summed E-state index contributed by atoms with van der Waals surface area (Å²) in [6.45, 7) is 1.94. The molecule has 6 heteroatoms. The van der Waals surface area contributed by atoms with Crippen LogP contribution in [-0.4, -0.2) is 29.5 Å². The van der Waals surface area contributed by atoms with Crippen LogP contribution < -0.4 is 10.9 Å². The summed E-state index contributed by atoms with van der Waals surface area (Å²) in [5.41, 5.74) is 0.749. The van der Waals surface area contributed by atoms with E-state index in [0.29, 0.717) is 23.7 Å². The number of esters is 1. The van der Waals surface area contributed by atoms with Gasteiger partial charge >= 0.3 is 5.97 Å². The number of ether oxygens (including phenoxy) is 1. The molecule has 6 nitrogen and oxygen atoms in total. The van der Waals surface area contributed by atoms with Crippen LogP contribution in [0.5, 0.6) is 0 Å². The predicted molar refractivity (Wildman–Crippen MR) is 103 cm³/mol. The van der Waals surface area contributed by atoms with E-state index in [2.05, 4.69) is 10.3 Å². The molecule has 0 spiro atoms. The molecule has 0 radical (unpaired) electrons. The van der Waals surface area contributed by atoms with Crippen LogP contribution in [0.15, 0.2) is 65.5 Å². The number of H-pyrrole nitrogens is 1. The molecule has 0 saturated heterocycles. The third kappa shape index (κ3) is 4.61. The van der Waals surface area contributed by atoms with Crippen molar-refractivity contribution in [1.82, 2.24) is 10.3 Å². The maximum absolute atomic E-state index is 12.3. The quantitative estimate of drug-likeness (QED) is 0.658. The zero-order valence-corrected chi connectivity index (χ0v) is 14.9. The van der Waals surface area contributed by atoms with Gasteiger partial charge in [-0.3, -0.25) is 9.59 Å². The minimum atomic E-state index is -0.969. The van der Waals surface area contributed by atoms with Crippen LogP contribution in [0.1, 0.15) is 23.0 Å². The number of benzene rings is 2. The monoisotopic (exact) mass is 364 g/mol. The van der Waals surface area contributed by atoms with Gasteiger partial charge in [-0.1, -0.05) is 48.5 Å². The smallest absolute Gasteiger partial charge is 0.355 e. The Kier molecular flexibility index (Phi) is 5.66. The first-order valence-electron chi connectivity index (χ1n) is 8.69. The van der Waals surface area contributed by atoms with Gasteiger partial charge in [-0.2, -0.15) is 0 Å². The predicted octanol–water partition coefficient (Wildman–Crippen LogP) is 2.43. The van der Waals surface area contributed by atoms with Crippen LogP contribution in [0.3, 0.4) is 0 Å². The lowest BCUT2D eigenvalue weighted by Crippen LogP contribution is -2.37. The topological polar surface area (TPSA) is 88.3 Å². The molecule has 0 bridgehead atoms. The lowest BCUT2D eigenvalue weighted by atomic mass is 10.1. The van der Waals surface area contributed by atoms with Crippen molar-refractivity contribution >= 4 is 22.6 Å². The number of carbonyl (C=O) groups is 2. The van der Waals surface area contributed by atoms with Crippen LogP contribution in [-0.2, 0) is 16.0 Å². The van der Waals surface area contributed by atoms with Gasteiger partial charge in [0.25, 0.3) is 11.5 Å². The second-order valence-electron chi connectivity index (χ2n) is 6.17. The standard InChI is InChI=1S/C21H20N2O4/c1-14(19(24)22-12-11-15-7-3-2-4-8-15)27-21(26)18-13-16-9-5-6-10-17(16)20(25)23-18/h2-10,13-14H,11-12H2,1H3,(H,22,24)(H,23,25)/t14-/m0/s1. The van der Waals surface area contributed by atoms with E-state index in [-0.39, 0.29) is 17.2 Å². The van der Waals surface area contributed by atoms with Crippen LogP contribution in [0.25, 0.3) is 10.8 Å². The largest absolute Gasteiger partial charge is 0.448 e. The number of carbonyl (C=O) groups excluding carboxylic acids is 2. The maximum Gasteiger partial charge on any atom is 0.355 e. The van der Waals surface area contributed by atoms with Crippen LogP contribution in [0.4, 0.5) is 0 Å². The molecule has 2 N–H and O–H groups in total. The Hall–Kier alpha value is -3.41. The summed E-state index contributed by atoms with van der Waals surface area (Å²) in [6.07, 6.45) is -0.283.